The minimum atomic E-state index is -0.822. The second kappa shape index (κ2) is 6.48. The number of carboxylic acid groups (broad SMARTS) is 1. The molecule has 1 aliphatic rings. The highest BCUT2D eigenvalue weighted by Crippen LogP contribution is 2.07. The topological polar surface area (TPSA) is 78.4 Å². The van der Waals surface area contributed by atoms with Crippen molar-refractivity contribution in [3.63, 3.8) is 0 Å². The van der Waals surface area contributed by atoms with Crippen molar-refractivity contribution in [2.45, 2.75) is 51.1 Å². The first kappa shape index (κ1) is 13.0. The quantitative estimate of drug-likeness (QED) is 0.640. The number of piperidine rings is 1. The van der Waals surface area contributed by atoms with Crippen LogP contribution < -0.4 is 10.6 Å². The third-order valence-corrected chi connectivity index (χ3v) is 2.81. The molecule has 2 atom stereocenters. The van der Waals surface area contributed by atoms with Crippen molar-refractivity contribution in [3.05, 3.63) is 0 Å². The molecule has 0 saturated carbocycles. The van der Waals surface area contributed by atoms with E-state index in [0.717, 1.165) is 25.8 Å². The fourth-order valence-corrected chi connectivity index (χ4v) is 1.83. The fourth-order valence-electron chi connectivity index (χ4n) is 1.83. The van der Waals surface area contributed by atoms with Crippen LogP contribution in [0.1, 0.15) is 39.0 Å². The Morgan fingerprint density at radius 3 is 2.81 bits per heavy atom. The Hall–Kier alpha value is -1.10. The predicted molar refractivity (Wildman–Crippen MR) is 60.1 cm³/mol. The van der Waals surface area contributed by atoms with Gasteiger partial charge < -0.3 is 15.7 Å². The number of rotatable bonds is 5. The molecule has 16 heavy (non-hydrogen) atoms. The average Bonchev–Trinajstić information content (AvgIpc) is 2.27. The van der Waals surface area contributed by atoms with Gasteiger partial charge in [-0.05, 0) is 32.7 Å². The van der Waals surface area contributed by atoms with Crippen molar-refractivity contribution < 1.29 is 14.7 Å². The second-order valence-corrected chi connectivity index (χ2v) is 4.34. The third-order valence-electron chi connectivity index (χ3n) is 2.81. The van der Waals surface area contributed by atoms with Crippen LogP contribution in [0.15, 0.2) is 0 Å². The number of hydrogen-bond donors (Lipinski definition) is 3. The molecule has 1 rings (SSSR count). The highest BCUT2D eigenvalue weighted by Gasteiger charge is 2.21. The minimum Gasteiger partial charge on any atom is -0.481 e. The molecule has 1 heterocycles. The zero-order chi connectivity index (χ0) is 12.0. The molecule has 0 aromatic rings. The number of aliphatic carboxylic acids is 1. The lowest BCUT2D eigenvalue weighted by Gasteiger charge is -2.24. The second-order valence-electron chi connectivity index (χ2n) is 4.34. The Labute approximate surface area is 95.6 Å². The van der Waals surface area contributed by atoms with Crippen molar-refractivity contribution >= 4 is 11.9 Å². The molecule has 0 aromatic heterocycles. The Morgan fingerprint density at radius 1 is 1.50 bits per heavy atom. The smallest absolute Gasteiger partial charge is 0.303 e. The zero-order valence-electron chi connectivity index (χ0n) is 9.66. The molecule has 1 aliphatic heterocycles. The lowest BCUT2D eigenvalue weighted by Crippen LogP contribution is -2.49. The highest BCUT2D eigenvalue weighted by atomic mass is 16.4. The van der Waals surface area contributed by atoms with Crippen LogP contribution in [0.5, 0.6) is 0 Å². The van der Waals surface area contributed by atoms with Gasteiger partial charge in [-0.1, -0.05) is 6.42 Å². The summed E-state index contributed by atoms with van der Waals surface area (Å²) in [6, 6.07) is -0.173. The van der Waals surface area contributed by atoms with Crippen LogP contribution in [0.3, 0.4) is 0 Å². The molecule has 5 nitrogen and oxygen atoms in total. The molecule has 92 valence electrons. The molecule has 1 saturated heterocycles. The predicted octanol–water partition coefficient (Wildman–Crippen LogP) is 0.498. The number of carboxylic acids is 1. The average molecular weight is 228 g/mol. The number of amides is 1. The van der Waals surface area contributed by atoms with Crippen LogP contribution in [0.4, 0.5) is 0 Å². The van der Waals surface area contributed by atoms with E-state index in [1.807, 2.05) is 6.92 Å². The normalized spacial score (nSPS) is 22.4. The SMILES string of the molecule is CC(CCC(=O)O)NC(=O)[C@@H]1CCCCN1. The van der Waals surface area contributed by atoms with Crippen LogP contribution in [0, 0.1) is 0 Å². The zero-order valence-corrected chi connectivity index (χ0v) is 9.66. The van der Waals surface area contributed by atoms with E-state index in [1.165, 1.54) is 0 Å². The van der Waals surface area contributed by atoms with E-state index in [4.69, 9.17) is 5.11 Å². The molecular weight excluding hydrogens is 208 g/mol. The molecule has 1 fully saturated rings. The molecule has 0 spiro atoms. The van der Waals surface area contributed by atoms with Gasteiger partial charge in [-0.2, -0.15) is 0 Å². The van der Waals surface area contributed by atoms with Gasteiger partial charge in [0, 0.05) is 12.5 Å². The molecule has 0 radical (unpaired) electrons. The minimum absolute atomic E-state index is 0.00223. The van der Waals surface area contributed by atoms with E-state index in [-0.39, 0.29) is 24.4 Å². The van der Waals surface area contributed by atoms with E-state index in [9.17, 15) is 9.59 Å². The maximum Gasteiger partial charge on any atom is 0.303 e. The third kappa shape index (κ3) is 4.61. The van der Waals surface area contributed by atoms with Crippen molar-refractivity contribution in [1.29, 1.82) is 0 Å². The van der Waals surface area contributed by atoms with Crippen LogP contribution in [-0.2, 0) is 9.59 Å². The first-order chi connectivity index (χ1) is 7.59. The number of carbonyl (C=O) groups excluding carboxylic acids is 1. The summed E-state index contributed by atoms with van der Waals surface area (Å²) in [5, 5.41) is 14.5. The molecular formula is C11H20N2O3. The molecule has 5 heteroatoms. The van der Waals surface area contributed by atoms with Gasteiger partial charge in [0.25, 0.3) is 0 Å². The maximum absolute atomic E-state index is 11.7. The Morgan fingerprint density at radius 2 is 2.25 bits per heavy atom. The van der Waals surface area contributed by atoms with Gasteiger partial charge in [0.15, 0.2) is 0 Å². The van der Waals surface area contributed by atoms with Gasteiger partial charge in [0.2, 0.25) is 5.91 Å². The van der Waals surface area contributed by atoms with Gasteiger partial charge in [-0.3, -0.25) is 9.59 Å². The van der Waals surface area contributed by atoms with E-state index in [1.54, 1.807) is 0 Å². The highest BCUT2D eigenvalue weighted by molar-refractivity contribution is 5.82. The Balaban J connectivity index is 2.23. The summed E-state index contributed by atoms with van der Waals surface area (Å²) in [5.41, 5.74) is 0. The maximum atomic E-state index is 11.7. The van der Waals surface area contributed by atoms with Crippen LogP contribution in [0.25, 0.3) is 0 Å². The van der Waals surface area contributed by atoms with Crippen LogP contribution in [-0.4, -0.2) is 35.6 Å². The Kier molecular flexibility index (Phi) is 5.25. The first-order valence-corrected chi connectivity index (χ1v) is 5.85. The van der Waals surface area contributed by atoms with Crippen LogP contribution >= 0.6 is 0 Å². The van der Waals surface area contributed by atoms with Gasteiger partial charge >= 0.3 is 5.97 Å². The van der Waals surface area contributed by atoms with E-state index in [0.29, 0.717) is 6.42 Å². The van der Waals surface area contributed by atoms with Gasteiger partial charge in [-0.25, -0.2) is 0 Å². The molecule has 1 unspecified atom stereocenters. The fraction of sp³-hybridized carbons (Fsp3) is 0.818. The summed E-state index contributed by atoms with van der Waals surface area (Å²) in [7, 11) is 0. The van der Waals surface area contributed by atoms with Crippen molar-refractivity contribution in [1.82, 2.24) is 10.6 Å². The summed E-state index contributed by atoms with van der Waals surface area (Å²) < 4.78 is 0. The Bertz CT molecular complexity index is 250. The number of hydrogen-bond acceptors (Lipinski definition) is 3. The van der Waals surface area contributed by atoms with E-state index >= 15 is 0 Å². The summed E-state index contributed by atoms with van der Waals surface area (Å²) >= 11 is 0. The summed E-state index contributed by atoms with van der Waals surface area (Å²) in [4.78, 5) is 22.1. The molecule has 0 bridgehead atoms. The lowest BCUT2D eigenvalue weighted by atomic mass is 10.0. The summed E-state index contributed by atoms with van der Waals surface area (Å²) in [6.07, 6.45) is 3.65. The van der Waals surface area contributed by atoms with Crippen molar-refractivity contribution in [2.75, 3.05) is 6.54 Å². The van der Waals surface area contributed by atoms with Crippen molar-refractivity contribution in [3.8, 4) is 0 Å². The van der Waals surface area contributed by atoms with Gasteiger partial charge in [0.05, 0.1) is 6.04 Å². The van der Waals surface area contributed by atoms with Gasteiger partial charge in [-0.15, -0.1) is 0 Å². The lowest BCUT2D eigenvalue weighted by molar-refractivity contribution is -0.137. The molecule has 1 amide bonds. The van der Waals surface area contributed by atoms with E-state index < -0.39 is 5.97 Å². The molecule has 3 N–H and O–H groups in total. The monoisotopic (exact) mass is 228 g/mol. The first-order valence-electron chi connectivity index (χ1n) is 5.85. The van der Waals surface area contributed by atoms with Crippen molar-refractivity contribution in [2.24, 2.45) is 0 Å². The van der Waals surface area contributed by atoms with Crippen LogP contribution in [0.2, 0.25) is 0 Å². The molecule has 0 aliphatic carbocycles. The van der Waals surface area contributed by atoms with Gasteiger partial charge in [0.1, 0.15) is 0 Å². The number of nitrogens with one attached hydrogen (secondary N) is 2. The standard InChI is InChI=1S/C11H20N2O3/c1-8(5-6-10(14)15)13-11(16)9-4-2-3-7-12-9/h8-9,12H,2-7H2,1H3,(H,13,16)(H,14,15)/t8?,9-/m0/s1. The number of carbonyl (C=O) groups is 2. The van der Waals surface area contributed by atoms with E-state index in [2.05, 4.69) is 10.6 Å². The molecule has 0 aromatic carbocycles. The summed E-state index contributed by atoms with van der Waals surface area (Å²) in [5.74, 6) is -0.825. The summed E-state index contributed by atoms with van der Waals surface area (Å²) in [6.45, 7) is 2.73. The largest absolute Gasteiger partial charge is 0.481 e.